The molecule has 2 rings (SSSR count). The summed E-state index contributed by atoms with van der Waals surface area (Å²) >= 11 is 0. The lowest BCUT2D eigenvalue weighted by Gasteiger charge is -2.29. The number of nitriles is 1. The van der Waals surface area contributed by atoms with Crippen molar-refractivity contribution in [2.45, 2.75) is 58.0 Å². The van der Waals surface area contributed by atoms with Gasteiger partial charge in [-0.05, 0) is 38.1 Å². The van der Waals surface area contributed by atoms with Gasteiger partial charge in [0.1, 0.15) is 11.4 Å². The molecule has 1 saturated carbocycles. The van der Waals surface area contributed by atoms with Gasteiger partial charge in [-0.25, -0.2) is 4.98 Å². The van der Waals surface area contributed by atoms with Gasteiger partial charge >= 0.3 is 0 Å². The van der Waals surface area contributed by atoms with Crippen LogP contribution in [0.4, 0.5) is 0 Å². The van der Waals surface area contributed by atoms with E-state index in [9.17, 15) is 5.26 Å². The molecule has 104 valence electrons. The lowest BCUT2D eigenvalue weighted by molar-refractivity contribution is 0.314. The topological polar surface area (TPSA) is 53.6 Å². The standard InChI is InChI=1S/C15H24N4/c1-3-5-14-17-9-10-19(14)12-15(11-16,13-6-7-13)18-8-4-2/h9-10,13,18H,3-8,12H2,1-2H3. The molecule has 1 unspecified atom stereocenters. The van der Waals surface area contributed by atoms with Crippen LogP contribution in [0.1, 0.15) is 45.4 Å². The van der Waals surface area contributed by atoms with Gasteiger partial charge in [-0.15, -0.1) is 0 Å². The van der Waals surface area contributed by atoms with Crippen molar-refractivity contribution in [2.24, 2.45) is 5.92 Å². The van der Waals surface area contributed by atoms with Gasteiger partial charge < -0.3 is 4.57 Å². The van der Waals surface area contributed by atoms with Crippen LogP contribution in [0, 0.1) is 17.2 Å². The Hall–Kier alpha value is -1.34. The average Bonchev–Trinajstić information content (AvgIpc) is 3.19. The third-order valence-corrected chi connectivity index (χ3v) is 3.86. The van der Waals surface area contributed by atoms with Gasteiger partial charge in [-0.1, -0.05) is 13.8 Å². The molecule has 0 saturated heterocycles. The van der Waals surface area contributed by atoms with Gasteiger partial charge in [-0.2, -0.15) is 5.26 Å². The van der Waals surface area contributed by atoms with Crippen LogP contribution >= 0.6 is 0 Å². The Bertz CT molecular complexity index is 441. The van der Waals surface area contributed by atoms with Crippen molar-refractivity contribution in [2.75, 3.05) is 6.54 Å². The van der Waals surface area contributed by atoms with E-state index >= 15 is 0 Å². The quantitative estimate of drug-likeness (QED) is 0.781. The van der Waals surface area contributed by atoms with E-state index in [1.54, 1.807) is 0 Å². The van der Waals surface area contributed by atoms with Crippen LogP contribution in [0.15, 0.2) is 12.4 Å². The van der Waals surface area contributed by atoms with Crippen LogP contribution in [-0.2, 0) is 13.0 Å². The second-order valence-electron chi connectivity index (χ2n) is 5.51. The van der Waals surface area contributed by atoms with Gasteiger partial charge in [0.25, 0.3) is 0 Å². The second kappa shape index (κ2) is 6.21. The lowest BCUT2D eigenvalue weighted by atomic mass is 9.94. The Kier molecular flexibility index (Phi) is 4.60. The van der Waals surface area contributed by atoms with Crippen molar-refractivity contribution in [3.8, 4) is 6.07 Å². The molecule has 0 spiro atoms. The Balaban J connectivity index is 2.15. The molecule has 0 radical (unpaired) electrons. The van der Waals surface area contributed by atoms with E-state index < -0.39 is 5.54 Å². The first kappa shape index (κ1) is 14.1. The summed E-state index contributed by atoms with van der Waals surface area (Å²) in [6, 6.07) is 2.56. The molecule has 0 aromatic carbocycles. The van der Waals surface area contributed by atoms with E-state index in [1.165, 1.54) is 12.8 Å². The molecule has 1 aliphatic rings. The summed E-state index contributed by atoms with van der Waals surface area (Å²) in [4.78, 5) is 4.41. The van der Waals surface area contributed by atoms with E-state index in [4.69, 9.17) is 0 Å². The predicted molar refractivity (Wildman–Crippen MR) is 75.6 cm³/mol. The number of aryl methyl sites for hydroxylation is 1. The van der Waals surface area contributed by atoms with Crippen LogP contribution in [-0.4, -0.2) is 21.6 Å². The summed E-state index contributed by atoms with van der Waals surface area (Å²) in [6.45, 7) is 5.93. The molecule has 4 nitrogen and oxygen atoms in total. The van der Waals surface area contributed by atoms with Crippen LogP contribution < -0.4 is 5.32 Å². The molecule has 1 fully saturated rings. The summed E-state index contributed by atoms with van der Waals surface area (Å²) in [5.41, 5.74) is -0.404. The number of hydrogen-bond donors (Lipinski definition) is 1. The number of nitrogens with one attached hydrogen (secondary N) is 1. The number of rotatable bonds is 8. The van der Waals surface area contributed by atoms with Crippen LogP contribution in [0.5, 0.6) is 0 Å². The highest BCUT2D eigenvalue weighted by molar-refractivity contribution is 5.16. The van der Waals surface area contributed by atoms with E-state index in [0.717, 1.165) is 38.2 Å². The minimum absolute atomic E-state index is 0.404. The third kappa shape index (κ3) is 3.16. The fraction of sp³-hybridized carbons (Fsp3) is 0.733. The number of hydrogen-bond acceptors (Lipinski definition) is 3. The van der Waals surface area contributed by atoms with Crippen LogP contribution in [0.3, 0.4) is 0 Å². The van der Waals surface area contributed by atoms with E-state index in [2.05, 4.69) is 34.8 Å². The van der Waals surface area contributed by atoms with Crippen molar-refractivity contribution >= 4 is 0 Å². The molecule has 0 amide bonds. The molecule has 19 heavy (non-hydrogen) atoms. The first-order valence-electron chi connectivity index (χ1n) is 7.42. The number of nitrogens with zero attached hydrogens (tertiary/aromatic N) is 3. The fourth-order valence-corrected chi connectivity index (χ4v) is 2.62. The summed E-state index contributed by atoms with van der Waals surface area (Å²) < 4.78 is 2.16. The summed E-state index contributed by atoms with van der Waals surface area (Å²) in [5, 5.41) is 13.2. The summed E-state index contributed by atoms with van der Waals surface area (Å²) in [6.07, 6.45) is 9.31. The highest BCUT2D eigenvalue weighted by Gasteiger charge is 2.45. The largest absolute Gasteiger partial charge is 0.332 e. The number of aromatic nitrogens is 2. The van der Waals surface area contributed by atoms with Gasteiger partial charge in [-0.3, -0.25) is 5.32 Å². The smallest absolute Gasteiger partial charge is 0.127 e. The lowest BCUT2D eigenvalue weighted by Crippen LogP contribution is -2.50. The molecule has 1 aromatic rings. The Morgan fingerprint density at radius 3 is 2.84 bits per heavy atom. The second-order valence-corrected chi connectivity index (χ2v) is 5.51. The van der Waals surface area contributed by atoms with E-state index in [-0.39, 0.29) is 0 Å². The van der Waals surface area contributed by atoms with E-state index in [1.807, 2.05) is 12.4 Å². The maximum absolute atomic E-state index is 9.69. The zero-order valence-electron chi connectivity index (χ0n) is 12.0. The normalized spacial score (nSPS) is 17.9. The molecule has 1 aliphatic carbocycles. The van der Waals surface area contributed by atoms with Crippen molar-refractivity contribution in [1.82, 2.24) is 14.9 Å². The van der Waals surface area contributed by atoms with Gasteiger partial charge in [0.2, 0.25) is 0 Å². The summed E-state index contributed by atoms with van der Waals surface area (Å²) in [5.74, 6) is 1.60. The highest BCUT2D eigenvalue weighted by Crippen LogP contribution is 2.40. The van der Waals surface area contributed by atoms with Gasteiger partial charge in [0, 0.05) is 18.8 Å². The highest BCUT2D eigenvalue weighted by atomic mass is 15.1. The molecule has 0 bridgehead atoms. The zero-order chi connectivity index (χ0) is 13.7. The molecule has 1 atom stereocenters. The minimum atomic E-state index is -0.404. The first-order valence-corrected chi connectivity index (χ1v) is 7.42. The predicted octanol–water partition coefficient (Wildman–Crippen LogP) is 2.51. The summed E-state index contributed by atoms with van der Waals surface area (Å²) in [7, 11) is 0. The monoisotopic (exact) mass is 260 g/mol. The van der Waals surface area contributed by atoms with Gasteiger partial charge in [0.15, 0.2) is 0 Å². The Morgan fingerprint density at radius 1 is 1.47 bits per heavy atom. The maximum atomic E-state index is 9.69. The van der Waals surface area contributed by atoms with Crippen molar-refractivity contribution in [3.63, 3.8) is 0 Å². The van der Waals surface area contributed by atoms with Crippen LogP contribution in [0.2, 0.25) is 0 Å². The molecular formula is C15H24N4. The molecule has 1 aromatic heterocycles. The van der Waals surface area contributed by atoms with Crippen LogP contribution in [0.25, 0.3) is 0 Å². The first-order chi connectivity index (χ1) is 9.25. The average molecular weight is 260 g/mol. The molecular weight excluding hydrogens is 236 g/mol. The molecule has 1 heterocycles. The third-order valence-electron chi connectivity index (χ3n) is 3.86. The van der Waals surface area contributed by atoms with Crippen molar-refractivity contribution in [3.05, 3.63) is 18.2 Å². The van der Waals surface area contributed by atoms with Crippen molar-refractivity contribution < 1.29 is 0 Å². The SMILES string of the molecule is CCCNC(C#N)(Cn1ccnc1CCC)C1CC1. The number of imidazole rings is 1. The van der Waals surface area contributed by atoms with E-state index in [0.29, 0.717) is 5.92 Å². The Labute approximate surface area is 115 Å². The molecule has 0 aliphatic heterocycles. The Morgan fingerprint density at radius 2 is 2.26 bits per heavy atom. The minimum Gasteiger partial charge on any atom is -0.332 e. The fourth-order valence-electron chi connectivity index (χ4n) is 2.62. The molecule has 4 heteroatoms. The zero-order valence-corrected chi connectivity index (χ0v) is 12.0. The van der Waals surface area contributed by atoms with Gasteiger partial charge in [0.05, 0.1) is 12.6 Å². The van der Waals surface area contributed by atoms with Crippen molar-refractivity contribution in [1.29, 1.82) is 5.26 Å². The maximum Gasteiger partial charge on any atom is 0.127 e. The molecule has 1 N–H and O–H groups in total.